The van der Waals surface area contributed by atoms with Crippen LogP contribution in [0.3, 0.4) is 0 Å². The number of rotatable bonds is 12. The third-order valence-corrected chi connectivity index (χ3v) is 6.28. The van der Waals surface area contributed by atoms with E-state index in [1.54, 1.807) is 7.11 Å². The van der Waals surface area contributed by atoms with Crippen LogP contribution in [0.2, 0.25) is 0 Å². The lowest BCUT2D eigenvalue weighted by Crippen LogP contribution is -2.42. The maximum atomic E-state index is 12.7. The van der Waals surface area contributed by atoms with E-state index in [0.29, 0.717) is 25.3 Å². The lowest BCUT2D eigenvalue weighted by atomic mass is 10.00. The van der Waals surface area contributed by atoms with E-state index in [2.05, 4.69) is 39.8 Å². The van der Waals surface area contributed by atoms with Crippen molar-refractivity contribution in [1.29, 1.82) is 0 Å². The van der Waals surface area contributed by atoms with E-state index in [1.165, 1.54) is 11.1 Å². The number of aliphatic hydroxyl groups is 1. The fourth-order valence-corrected chi connectivity index (χ4v) is 4.38. The van der Waals surface area contributed by atoms with Crippen LogP contribution >= 0.6 is 0 Å². The average Bonchev–Trinajstić information content (AvgIpc) is 2.89. The first-order valence-corrected chi connectivity index (χ1v) is 12.2. The number of fused-ring (bicyclic) bond motifs is 2. The summed E-state index contributed by atoms with van der Waals surface area (Å²) in [5, 5.41) is 18.6. The molecule has 0 spiro atoms. The molecule has 1 amide bonds. The lowest BCUT2D eigenvalue weighted by molar-refractivity contribution is 0.0842. The number of carbonyl (C=O) groups excluding carboxylic acids is 1. The van der Waals surface area contributed by atoms with Crippen molar-refractivity contribution in [2.45, 2.75) is 19.1 Å². The van der Waals surface area contributed by atoms with Gasteiger partial charge in [-0.3, -0.25) is 9.69 Å². The van der Waals surface area contributed by atoms with Gasteiger partial charge in [0, 0.05) is 51.9 Å². The van der Waals surface area contributed by atoms with Crippen LogP contribution in [0.25, 0.3) is 10.8 Å². The Hall–Kier alpha value is -2.97. The predicted molar refractivity (Wildman–Crippen MR) is 138 cm³/mol. The number of hydrogen-bond donors (Lipinski definition) is 3. The molecule has 0 bridgehead atoms. The van der Waals surface area contributed by atoms with E-state index in [9.17, 15) is 9.90 Å². The van der Waals surface area contributed by atoms with Crippen LogP contribution in [-0.2, 0) is 17.7 Å². The molecule has 7 nitrogen and oxygen atoms in total. The predicted octanol–water partition coefficient (Wildman–Crippen LogP) is 2.60. The van der Waals surface area contributed by atoms with E-state index < -0.39 is 6.10 Å². The summed E-state index contributed by atoms with van der Waals surface area (Å²) in [5.41, 5.74) is 3.28. The fourth-order valence-electron chi connectivity index (χ4n) is 4.38. The molecule has 0 aromatic heterocycles. The standard InChI is InChI=1S/C28H35N3O4/c1-34-14-11-29-12-15-35-27-9-8-22-16-24(7-6-23(22)17-27)28(33)30-18-26(32)20-31-13-10-21-4-2-3-5-25(21)19-31/h2-9,16-17,26,29,32H,10-15,18-20H2,1H3,(H,30,33). The van der Waals surface area contributed by atoms with Gasteiger partial charge >= 0.3 is 0 Å². The van der Waals surface area contributed by atoms with Gasteiger partial charge in [0.05, 0.1) is 12.7 Å². The quantitative estimate of drug-likeness (QED) is 0.348. The van der Waals surface area contributed by atoms with E-state index in [4.69, 9.17) is 9.47 Å². The van der Waals surface area contributed by atoms with Crippen LogP contribution in [0, 0.1) is 0 Å². The minimum Gasteiger partial charge on any atom is -0.492 e. The Morgan fingerprint density at radius 2 is 1.80 bits per heavy atom. The zero-order valence-electron chi connectivity index (χ0n) is 20.3. The van der Waals surface area contributed by atoms with Crippen molar-refractivity contribution >= 4 is 16.7 Å². The molecule has 7 heteroatoms. The number of nitrogens with zero attached hydrogens (tertiary/aromatic N) is 1. The Labute approximate surface area is 207 Å². The summed E-state index contributed by atoms with van der Waals surface area (Å²) in [4.78, 5) is 14.9. The minimum atomic E-state index is -0.617. The molecule has 1 heterocycles. The highest BCUT2D eigenvalue weighted by molar-refractivity contribution is 5.98. The monoisotopic (exact) mass is 477 g/mol. The van der Waals surface area contributed by atoms with Crippen molar-refractivity contribution in [2.75, 3.05) is 53.0 Å². The summed E-state index contributed by atoms with van der Waals surface area (Å²) in [6, 6.07) is 19.9. The molecule has 4 rings (SSSR count). The fraction of sp³-hybridized carbons (Fsp3) is 0.393. The number of hydrogen-bond acceptors (Lipinski definition) is 6. The molecule has 0 saturated heterocycles. The van der Waals surface area contributed by atoms with Crippen molar-refractivity contribution < 1.29 is 19.4 Å². The number of amides is 1. The molecule has 3 aromatic carbocycles. The Kier molecular flexibility index (Phi) is 9.08. The van der Waals surface area contributed by atoms with E-state index in [0.717, 1.165) is 49.1 Å². The molecule has 3 N–H and O–H groups in total. The molecule has 1 unspecified atom stereocenters. The molecule has 1 atom stereocenters. The van der Waals surface area contributed by atoms with E-state index in [-0.39, 0.29) is 12.5 Å². The van der Waals surface area contributed by atoms with Gasteiger partial charge in [-0.25, -0.2) is 0 Å². The summed E-state index contributed by atoms with van der Waals surface area (Å²) in [6.45, 7) is 5.31. The number of carbonyl (C=O) groups is 1. The Bertz CT molecular complexity index is 1120. The van der Waals surface area contributed by atoms with Crippen LogP contribution in [0.4, 0.5) is 0 Å². The van der Waals surface area contributed by atoms with Crippen molar-refractivity contribution in [1.82, 2.24) is 15.5 Å². The summed E-state index contributed by atoms with van der Waals surface area (Å²) >= 11 is 0. The molecular weight excluding hydrogens is 442 g/mol. The highest BCUT2D eigenvalue weighted by Crippen LogP contribution is 2.22. The molecule has 0 saturated carbocycles. The Morgan fingerprint density at radius 3 is 2.66 bits per heavy atom. The number of benzene rings is 3. The maximum Gasteiger partial charge on any atom is 0.251 e. The number of β-amino-alcohol motifs (C(OH)–C–C–N with tert-alkyl or cyclic N) is 1. The van der Waals surface area contributed by atoms with Crippen molar-refractivity contribution in [3.63, 3.8) is 0 Å². The normalized spacial score (nSPS) is 14.5. The van der Waals surface area contributed by atoms with Crippen molar-refractivity contribution in [3.05, 3.63) is 77.4 Å². The molecule has 1 aliphatic heterocycles. The largest absolute Gasteiger partial charge is 0.492 e. The minimum absolute atomic E-state index is 0.183. The molecule has 186 valence electrons. The molecule has 3 aromatic rings. The second-order valence-corrected chi connectivity index (χ2v) is 8.93. The smallest absolute Gasteiger partial charge is 0.251 e. The molecule has 0 aliphatic carbocycles. The van der Waals surface area contributed by atoms with Crippen LogP contribution < -0.4 is 15.4 Å². The van der Waals surface area contributed by atoms with E-state index >= 15 is 0 Å². The Morgan fingerprint density at radius 1 is 1.03 bits per heavy atom. The van der Waals surface area contributed by atoms with Gasteiger partial charge in [-0.2, -0.15) is 0 Å². The van der Waals surface area contributed by atoms with Gasteiger partial charge in [0.1, 0.15) is 12.4 Å². The van der Waals surface area contributed by atoms with Crippen molar-refractivity contribution in [3.8, 4) is 5.75 Å². The molecule has 0 radical (unpaired) electrons. The SMILES string of the molecule is COCCNCCOc1ccc2cc(C(=O)NCC(O)CN3CCc4ccccc4C3)ccc2c1. The summed E-state index contributed by atoms with van der Waals surface area (Å²) in [6.07, 6.45) is 0.373. The van der Waals surface area contributed by atoms with Gasteiger partial charge in [-0.05, 0) is 52.6 Å². The van der Waals surface area contributed by atoms with Crippen LogP contribution in [-0.4, -0.2) is 75.1 Å². The van der Waals surface area contributed by atoms with Crippen LogP contribution in [0.15, 0.2) is 60.7 Å². The highest BCUT2D eigenvalue weighted by atomic mass is 16.5. The third kappa shape index (κ3) is 7.26. The van der Waals surface area contributed by atoms with Crippen molar-refractivity contribution in [2.24, 2.45) is 0 Å². The zero-order chi connectivity index (χ0) is 24.5. The number of nitrogens with one attached hydrogen (secondary N) is 2. The van der Waals surface area contributed by atoms with Crippen LogP contribution in [0.1, 0.15) is 21.5 Å². The highest BCUT2D eigenvalue weighted by Gasteiger charge is 2.19. The average molecular weight is 478 g/mol. The molecule has 0 fully saturated rings. The first kappa shape index (κ1) is 25.1. The number of ether oxygens (including phenoxy) is 2. The second kappa shape index (κ2) is 12.7. The van der Waals surface area contributed by atoms with Gasteiger partial charge < -0.3 is 25.2 Å². The molecule has 1 aliphatic rings. The maximum absolute atomic E-state index is 12.7. The Balaban J connectivity index is 1.24. The van der Waals surface area contributed by atoms with Gasteiger partial charge in [-0.15, -0.1) is 0 Å². The third-order valence-electron chi connectivity index (χ3n) is 6.28. The molecular formula is C28H35N3O4. The first-order chi connectivity index (χ1) is 17.1. The van der Waals surface area contributed by atoms with Gasteiger partial charge in [-0.1, -0.05) is 36.4 Å². The lowest BCUT2D eigenvalue weighted by Gasteiger charge is -2.30. The summed E-state index contributed by atoms with van der Waals surface area (Å²) < 4.78 is 10.8. The first-order valence-electron chi connectivity index (χ1n) is 12.2. The van der Waals surface area contributed by atoms with Gasteiger partial charge in [0.15, 0.2) is 0 Å². The topological polar surface area (TPSA) is 83.1 Å². The van der Waals surface area contributed by atoms with Gasteiger partial charge in [0.2, 0.25) is 0 Å². The second-order valence-electron chi connectivity index (χ2n) is 8.93. The van der Waals surface area contributed by atoms with Crippen LogP contribution in [0.5, 0.6) is 5.75 Å². The zero-order valence-corrected chi connectivity index (χ0v) is 20.3. The summed E-state index contributed by atoms with van der Waals surface area (Å²) in [7, 11) is 1.68. The summed E-state index contributed by atoms with van der Waals surface area (Å²) in [5.74, 6) is 0.615. The number of aliphatic hydroxyl groups excluding tert-OH is 1. The molecule has 35 heavy (non-hydrogen) atoms. The number of methoxy groups -OCH3 is 1. The van der Waals surface area contributed by atoms with Gasteiger partial charge in [0.25, 0.3) is 5.91 Å². The van der Waals surface area contributed by atoms with E-state index in [1.807, 2.05) is 36.4 Å².